The predicted octanol–water partition coefficient (Wildman–Crippen LogP) is 4.85. The highest BCUT2D eigenvalue weighted by Gasteiger charge is 2.37. The normalized spacial score (nSPS) is 11.7. The van der Waals surface area contributed by atoms with E-state index in [9.17, 15) is 26.3 Å². The number of carbonyl (C=O) groups is 1. The fraction of sp³-hybridized carbons (Fsp3) is 0.150. The van der Waals surface area contributed by atoms with Gasteiger partial charge in [-0.05, 0) is 30.3 Å². The number of fused-ring (bicyclic) bond motifs is 1. The molecule has 7 nitrogen and oxygen atoms in total. The highest BCUT2D eigenvalue weighted by molar-refractivity contribution is 5.94. The number of nitrogens with zero attached hydrogens (tertiary/aromatic N) is 3. The van der Waals surface area contributed by atoms with Gasteiger partial charge in [0.05, 0.1) is 11.3 Å². The van der Waals surface area contributed by atoms with Crippen LogP contribution in [-0.4, -0.2) is 26.2 Å². The molecular weight excluding hydrogens is 454 g/mol. The number of carbonyl (C=O) groups excluding carboxylic acids is 1. The number of hydrogen-bond donors (Lipinski definition) is 3. The van der Waals surface area contributed by atoms with Gasteiger partial charge < -0.3 is 16.0 Å². The van der Waals surface area contributed by atoms with Crippen molar-refractivity contribution in [3.05, 3.63) is 60.2 Å². The summed E-state index contributed by atoms with van der Waals surface area (Å²) in [6, 6.07) is 5.92. The van der Waals surface area contributed by atoms with E-state index in [0.717, 1.165) is 16.8 Å². The van der Waals surface area contributed by atoms with Gasteiger partial charge in [0.25, 0.3) is 0 Å². The molecule has 174 valence electrons. The van der Waals surface area contributed by atoms with E-state index in [1.165, 1.54) is 43.8 Å². The minimum atomic E-state index is -4.63. The Morgan fingerprint density at radius 3 is 2.30 bits per heavy atom. The lowest BCUT2D eigenvalue weighted by molar-refractivity contribution is -0.141. The third-order valence-corrected chi connectivity index (χ3v) is 4.43. The van der Waals surface area contributed by atoms with E-state index < -0.39 is 23.6 Å². The first-order valence-corrected chi connectivity index (χ1v) is 9.12. The van der Waals surface area contributed by atoms with Crippen LogP contribution >= 0.6 is 0 Å². The topological polar surface area (TPSA) is 102 Å². The molecule has 3 heterocycles. The fourth-order valence-electron chi connectivity index (χ4n) is 3.06. The second-order valence-electron chi connectivity index (χ2n) is 6.72. The number of H-pyrrole nitrogens is 1. The molecule has 13 heteroatoms. The van der Waals surface area contributed by atoms with Crippen molar-refractivity contribution in [1.29, 1.82) is 0 Å². The van der Waals surface area contributed by atoms with Crippen LogP contribution in [0.15, 0.2) is 48.9 Å². The van der Waals surface area contributed by atoms with E-state index in [4.69, 9.17) is 4.79 Å². The smallest absolute Gasteiger partial charge is 0.372 e. The molecule has 4 N–H and O–H groups in total. The molecule has 0 aliphatic rings. The molecule has 0 spiro atoms. The minimum Gasteiger partial charge on any atom is -0.372 e. The largest absolute Gasteiger partial charge is 0.435 e. The Balaban J connectivity index is 0.000000968. The molecule has 0 radical (unpaired) electrons. The molecule has 0 unspecified atom stereocenters. The van der Waals surface area contributed by atoms with Crippen LogP contribution in [0.1, 0.15) is 11.3 Å². The van der Waals surface area contributed by atoms with Crippen molar-refractivity contribution in [2.24, 2.45) is 12.8 Å². The average Bonchev–Trinajstić information content (AvgIpc) is 3.31. The first kappa shape index (κ1) is 23.6. The van der Waals surface area contributed by atoms with Gasteiger partial charge in [0.15, 0.2) is 5.69 Å². The van der Waals surface area contributed by atoms with Crippen molar-refractivity contribution in [1.82, 2.24) is 19.7 Å². The molecule has 4 rings (SSSR count). The Morgan fingerprint density at radius 2 is 1.73 bits per heavy atom. The Labute approximate surface area is 182 Å². The summed E-state index contributed by atoms with van der Waals surface area (Å²) in [6.45, 7) is 0. The number of aromatic nitrogens is 4. The van der Waals surface area contributed by atoms with Crippen molar-refractivity contribution < 1.29 is 31.1 Å². The number of alkyl halides is 6. The molecule has 0 saturated carbocycles. The Kier molecular flexibility index (Phi) is 6.33. The number of hydrogen-bond acceptors (Lipinski definition) is 4. The van der Waals surface area contributed by atoms with Crippen LogP contribution in [-0.2, 0) is 24.2 Å². The molecule has 0 fully saturated rings. The van der Waals surface area contributed by atoms with Gasteiger partial charge >= 0.3 is 12.4 Å². The number of nitrogens with two attached hydrogens (primary N) is 1. The average molecular weight is 470 g/mol. The van der Waals surface area contributed by atoms with Gasteiger partial charge in [-0.3, -0.25) is 9.48 Å². The number of nitrogens with one attached hydrogen (secondary N) is 2. The first-order valence-electron chi connectivity index (χ1n) is 9.12. The van der Waals surface area contributed by atoms with Crippen molar-refractivity contribution in [3.63, 3.8) is 0 Å². The molecule has 1 aromatic carbocycles. The summed E-state index contributed by atoms with van der Waals surface area (Å²) in [5.74, 6) is 0. The molecule has 0 bridgehead atoms. The van der Waals surface area contributed by atoms with Crippen LogP contribution in [0.2, 0.25) is 0 Å². The van der Waals surface area contributed by atoms with Gasteiger partial charge in [-0.2, -0.15) is 31.4 Å². The van der Waals surface area contributed by atoms with Crippen LogP contribution in [0, 0.1) is 0 Å². The number of halogens is 6. The molecule has 4 aromatic rings. The molecule has 33 heavy (non-hydrogen) atoms. The van der Waals surface area contributed by atoms with Gasteiger partial charge in [0, 0.05) is 47.8 Å². The summed E-state index contributed by atoms with van der Waals surface area (Å²) in [4.78, 5) is 15.6. The molecule has 0 aliphatic heterocycles. The summed E-state index contributed by atoms with van der Waals surface area (Å²) in [5, 5.41) is 6.92. The maximum Gasteiger partial charge on any atom is 0.435 e. The zero-order valence-corrected chi connectivity index (χ0v) is 16.8. The van der Waals surface area contributed by atoms with Crippen LogP contribution < -0.4 is 11.1 Å². The summed E-state index contributed by atoms with van der Waals surface area (Å²) >= 11 is 0. The Hall–Kier alpha value is -4.03. The zero-order valence-electron chi connectivity index (χ0n) is 16.8. The quantitative estimate of drug-likeness (QED) is 0.294. The zero-order chi connectivity index (χ0) is 24.4. The Bertz CT molecular complexity index is 1260. The second-order valence-corrected chi connectivity index (χ2v) is 6.72. The van der Waals surface area contributed by atoms with E-state index in [-0.39, 0.29) is 17.5 Å². The number of benzene rings is 1. The number of amides is 1. The number of anilines is 2. The molecular formula is C20H16F6N6O. The Morgan fingerprint density at radius 1 is 1.09 bits per heavy atom. The number of aryl methyl sites for hydroxylation is 1. The lowest BCUT2D eigenvalue weighted by Crippen LogP contribution is -2.08. The second kappa shape index (κ2) is 8.84. The molecule has 0 saturated heterocycles. The third-order valence-electron chi connectivity index (χ3n) is 4.43. The summed E-state index contributed by atoms with van der Waals surface area (Å²) in [6.07, 6.45) is -4.75. The number of aromatic amines is 1. The van der Waals surface area contributed by atoms with E-state index in [1.807, 2.05) is 0 Å². The summed E-state index contributed by atoms with van der Waals surface area (Å²) < 4.78 is 79.1. The SMILES string of the molecule is Cn1cc(-c2cnc3[nH]cc(Nc4ccc(C(F)(F)F)cc4)c3c2)c(C(F)(F)F)n1.NC=O. The van der Waals surface area contributed by atoms with Gasteiger partial charge in [-0.15, -0.1) is 0 Å². The number of pyridine rings is 1. The lowest BCUT2D eigenvalue weighted by Gasteiger charge is -2.09. The van der Waals surface area contributed by atoms with Crippen molar-refractivity contribution in [3.8, 4) is 11.1 Å². The van der Waals surface area contributed by atoms with Crippen LogP contribution in [0.25, 0.3) is 22.2 Å². The van der Waals surface area contributed by atoms with E-state index >= 15 is 0 Å². The highest BCUT2D eigenvalue weighted by atomic mass is 19.4. The lowest BCUT2D eigenvalue weighted by atomic mass is 10.1. The van der Waals surface area contributed by atoms with E-state index in [0.29, 0.717) is 22.4 Å². The maximum absolute atomic E-state index is 13.3. The van der Waals surface area contributed by atoms with Gasteiger partial charge in [-0.25, -0.2) is 4.98 Å². The first-order chi connectivity index (χ1) is 15.4. The minimum absolute atomic E-state index is 0.124. The fourth-order valence-corrected chi connectivity index (χ4v) is 3.06. The van der Waals surface area contributed by atoms with Crippen molar-refractivity contribution >= 4 is 28.8 Å². The molecule has 1 amide bonds. The van der Waals surface area contributed by atoms with Crippen LogP contribution in [0.5, 0.6) is 0 Å². The van der Waals surface area contributed by atoms with Crippen molar-refractivity contribution in [2.75, 3.05) is 5.32 Å². The van der Waals surface area contributed by atoms with Crippen LogP contribution in [0.4, 0.5) is 37.7 Å². The van der Waals surface area contributed by atoms with Gasteiger partial charge in [0.1, 0.15) is 5.65 Å². The van der Waals surface area contributed by atoms with E-state index in [2.05, 4.69) is 26.1 Å². The maximum atomic E-state index is 13.3. The summed E-state index contributed by atoms with van der Waals surface area (Å²) in [7, 11) is 1.39. The number of primary amides is 1. The van der Waals surface area contributed by atoms with Crippen molar-refractivity contribution in [2.45, 2.75) is 12.4 Å². The van der Waals surface area contributed by atoms with Gasteiger partial charge in [0.2, 0.25) is 6.41 Å². The standard InChI is InChI=1S/C19H13F6N5.CH3NO/c1-30-9-14(16(29-30)19(23,24)25)10-6-13-15(8-27-17(13)26-7-10)28-12-4-2-11(3-5-12)18(20,21)22;2-1-3/h2-9,28H,1H3,(H,26,27);1H,(H2,2,3). The molecule has 0 aliphatic carbocycles. The summed E-state index contributed by atoms with van der Waals surface area (Å²) in [5.41, 5.74) is 3.68. The van der Waals surface area contributed by atoms with E-state index in [1.54, 1.807) is 0 Å². The number of rotatable bonds is 3. The molecule has 0 atom stereocenters. The third kappa shape index (κ3) is 5.25. The highest BCUT2D eigenvalue weighted by Crippen LogP contribution is 2.37. The molecule has 3 aromatic heterocycles. The monoisotopic (exact) mass is 470 g/mol. The predicted molar refractivity (Wildman–Crippen MR) is 108 cm³/mol. The van der Waals surface area contributed by atoms with Gasteiger partial charge in [-0.1, -0.05) is 0 Å². The van der Waals surface area contributed by atoms with Crippen LogP contribution in [0.3, 0.4) is 0 Å².